The van der Waals surface area contributed by atoms with Crippen molar-refractivity contribution >= 4 is 22.8 Å². The molecule has 9 heteroatoms. The number of rotatable bonds is 6. The summed E-state index contributed by atoms with van der Waals surface area (Å²) in [4.78, 5) is 36.4. The van der Waals surface area contributed by atoms with Crippen molar-refractivity contribution in [2.45, 2.75) is 6.42 Å². The largest absolute Gasteiger partial charge is 0.481 e. The average Bonchev–Trinajstić information content (AvgIpc) is 2.68. The van der Waals surface area contributed by atoms with Gasteiger partial charge in [-0.2, -0.15) is 0 Å². The molecular formula is C18H26N6O3. The predicted molar refractivity (Wildman–Crippen MR) is 104 cm³/mol. The van der Waals surface area contributed by atoms with Gasteiger partial charge in [0, 0.05) is 45.0 Å². The Kier molecular flexibility index (Phi) is 6.25. The predicted octanol–water partition coefficient (Wildman–Crippen LogP) is 0.691. The van der Waals surface area contributed by atoms with E-state index in [9.17, 15) is 9.59 Å². The third-order valence-electron chi connectivity index (χ3n) is 4.69. The van der Waals surface area contributed by atoms with Crippen molar-refractivity contribution in [3.63, 3.8) is 0 Å². The Morgan fingerprint density at radius 3 is 2.81 bits per heavy atom. The van der Waals surface area contributed by atoms with Crippen LogP contribution in [0.15, 0.2) is 23.1 Å². The van der Waals surface area contributed by atoms with Gasteiger partial charge in [-0.15, -0.1) is 0 Å². The average molecular weight is 374 g/mol. The van der Waals surface area contributed by atoms with Gasteiger partial charge in [0.2, 0.25) is 11.3 Å². The Morgan fingerprint density at radius 2 is 2.07 bits per heavy atom. The fourth-order valence-electron chi connectivity index (χ4n) is 3.02. The summed E-state index contributed by atoms with van der Waals surface area (Å²) in [5, 5.41) is 5.38. The lowest BCUT2D eigenvalue weighted by atomic mass is 10.3. The number of nitrogens with one attached hydrogen (secondary N) is 3. The van der Waals surface area contributed by atoms with Gasteiger partial charge in [0.25, 0.3) is 0 Å². The second kappa shape index (κ2) is 8.83. The molecule has 3 heterocycles. The maximum Gasteiger partial charge on any atom is 0.319 e. The first-order valence-electron chi connectivity index (χ1n) is 9.09. The first-order chi connectivity index (χ1) is 13.1. The van der Waals surface area contributed by atoms with Crippen LogP contribution in [0.25, 0.3) is 11.0 Å². The first kappa shape index (κ1) is 19.1. The van der Waals surface area contributed by atoms with E-state index in [1.54, 1.807) is 12.1 Å². The number of likely N-dealkylation sites (N-methyl/N-ethyl adjacent to an activating group) is 1. The van der Waals surface area contributed by atoms with E-state index in [1.165, 1.54) is 13.3 Å². The standard InChI is InChI=1S/C18H26N6O3/c1-23-8-10-24(11-9-23)7-3-6-19-18(26)21-14-12-20-13-4-5-15(27-2)22-16(13)17(14)25/h4-5,12H,3,6-11H2,1-2H3,(H,20,25)(H2,19,21,26). The molecule has 1 aliphatic rings. The fourth-order valence-corrected chi connectivity index (χ4v) is 3.02. The van der Waals surface area contributed by atoms with Gasteiger partial charge in [0.15, 0.2) is 0 Å². The van der Waals surface area contributed by atoms with E-state index >= 15 is 0 Å². The number of anilines is 1. The normalized spacial score (nSPS) is 15.6. The molecule has 1 aliphatic heterocycles. The molecular weight excluding hydrogens is 348 g/mol. The topological polar surface area (TPSA) is 103 Å². The Hall–Kier alpha value is -2.65. The summed E-state index contributed by atoms with van der Waals surface area (Å²) in [5.74, 6) is 0.346. The van der Waals surface area contributed by atoms with Crippen molar-refractivity contribution in [2.24, 2.45) is 0 Å². The minimum atomic E-state index is -0.402. The molecule has 1 fully saturated rings. The molecule has 146 valence electrons. The zero-order valence-electron chi connectivity index (χ0n) is 15.7. The lowest BCUT2D eigenvalue weighted by Gasteiger charge is -2.32. The second-order valence-electron chi connectivity index (χ2n) is 6.66. The van der Waals surface area contributed by atoms with Gasteiger partial charge < -0.3 is 30.2 Å². The second-order valence-corrected chi connectivity index (χ2v) is 6.66. The van der Waals surface area contributed by atoms with Crippen molar-refractivity contribution in [1.82, 2.24) is 25.1 Å². The van der Waals surface area contributed by atoms with Crippen molar-refractivity contribution in [3.8, 4) is 5.88 Å². The van der Waals surface area contributed by atoms with Crippen LogP contribution in [0.5, 0.6) is 5.88 Å². The van der Waals surface area contributed by atoms with Gasteiger partial charge in [-0.3, -0.25) is 4.79 Å². The summed E-state index contributed by atoms with van der Waals surface area (Å²) in [7, 11) is 3.61. The fraction of sp³-hybridized carbons (Fsp3) is 0.500. The van der Waals surface area contributed by atoms with Crippen LogP contribution in [0.1, 0.15) is 6.42 Å². The number of urea groups is 1. The molecule has 0 atom stereocenters. The molecule has 3 rings (SSSR count). The summed E-state index contributed by atoms with van der Waals surface area (Å²) in [5.41, 5.74) is 0.608. The number of pyridine rings is 2. The molecule has 0 aromatic carbocycles. The highest BCUT2D eigenvalue weighted by Crippen LogP contribution is 2.13. The number of aromatic amines is 1. The summed E-state index contributed by atoms with van der Waals surface area (Å²) in [6.45, 7) is 5.79. The van der Waals surface area contributed by atoms with E-state index in [4.69, 9.17) is 4.74 Å². The number of carbonyl (C=O) groups is 1. The molecule has 0 unspecified atom stereocenters. The zero-order chi connectivity index (χ0) is 19.2. The number of aromatic nitrogens is 2. The molecule has 0 saturated carbocycles. The summed E-state index contributed by atoms with van der Waals surface area (Å²) >= 11 is 0. The van der Waals surface area contributed by atoms with E-state index in [-0.39, 0.29) is 16.6 Å². The number of hydrogen-bond acceptors (Lipinski definition) is 6. The molecule has 2 aromatic heterocycles. The third kappa shape index (κ3) is 4.95. The Bertz CT molecular complexity index is 845. The summed E-state index contributed by atoms with van der Waals surface area (Å²) in [6, 6.07) is 2.98. The van der Waals surface area contributed by atoms with Gasteiger partial charge in [0.05, 0.1) is 12.6 Å². The molecule has 1 saturated heterocycles. The Balaban J connectivity index is 1.50. The molecule has 2 amide bonds. The molecule has 2 aromatic rings. The number of H-pyrrole nitrogens is 1. The summed E-state index contributed by atoms with van der Waals surface area (Å²) in [6.07, 6.45) is 2.34. The number of nitrogens with zero attached hydrogens (tertiary/aromatic N) is 3. The number of piperazine rings is 1. The lowest BCUT2D eigenvalue weighted by Crippen LogP contribution is -2.45. The number of ether oxygens (including phenoxy) is 1. The number of carbonyl (C=O) groups excluding carboxylic acids is 1. The minimum absolute atomic E-state index is 0.153. The quantitative estimate of drug-likeness (QED) is 0.643. The van der Waals surface area contributed by atoms with Crippen molar-refractivity contribution in [2.75, 3.05) is 58.7 Å². The molecule has 0 spiro atoms. The van der Waals surface area contributed by atoms with E-state index in [2.05, 4.69) is 37.4 Å². The highest BCUT2D eigenvalue weighted by molar-refractivity contribution is 5.91. The van der Waals surface area contributed by atoms with Gasteiger partial charge in [-0.05, 0) is 26.1 Å². The van der Waals surface area contributed by atoms with Crippen molar-refractivity contribution < 1.29 is 9.53 Å². The van der Waals surface area contributed by atoms with Gasteiger partial charge in [-0.1, -0.05) is 0 Å². The van der Waals surface area contributed by atoms with Crippen molar-refractivity contribution in [1.29, 1.82) is 0 Å². The lowest BCUT2D eigenvalue weighted by molar-refractivity contribution is 0.153. The van der Waals surface area contributed by atoms with Gasteiger partial charge in [0.1, 0.15) is 11.2 Å². The maximum atomic E-state index is 12.5. The molecule has 0 bridgehead atoms. The van der Waals surface area contributed by atoms with Crippen LogP contribution in [0.3, 0.4) is 0 Å². The Labute approximate surface area is 157 Å². The van der Waals surface area contributed by atoms with Crippen LogP contribution in [-0.2, 0) is 0 Å². The number of hydrogen-bond donors (Lipinski definition) is 3. The van der Waals surface area contributed by atoms with Crippen LogP contribution in [0, 0.1) is 0 Å². The summed E-state index contributed by atoms with van der Waals surface area (Å²) < 4.78 is 5.05. The SMILES string of the molecule is COc1ccc2[nH]cc(NC(=O)NCCCN3CCN(C)CC3)c(=O)c2n1. The van der Waals surface area contributed by atoms with E-state index < -0.39 is 6.03 Å². The highest BCUT2D eigenvalue weighted by Gasteiger charge is 2.13. The minimum Gasteiger partial charge on any atom is -0.481 e. The van der Waals surface area contributed by atoms with Crippen LogP contribution in [0.2, 0.25) is 0 Å². The smallest absolute Gasteiger partial charge is 0.319 e. The first-order valence-corrected chi connectivity index (χ1v) is 9.09. The maximum absolute atomic E-state index is 12.5. The van der Waals surface area contributed by atoms with E-state index in [0.29, 0.717) is 17.9 Å². The monoisotopic (exact) mass is 374 g/mol. The molecule has 9 nitrogen and oxygen atoms in total. The number of fused-ring (bicyclic) bond motifs is 1. The van der Waals surface area contributed by atoms with E-state index in [0.717, 1.165) is 39.1 Å². The zero-order valence-corrected chi connectivity index (χ0v) is 15.7. The van der Waals surface area contributed by atoms with Crippen LogP contribution < -0.4 is 20.8 Å². The van der Waals surface area contributed by atoms with Gasteiger partial charge >= 0.3 is 6.03 Å². The van der Waals surface area contributed by atoms with E-state index in [1.807, 2.05) is 0 Å². The van der Waals surface area contributed by atoms with Crippen LogP contribution in [0.4, 0.5) is 10.5 Å². The third-order valence-corrected chi connectivity index (χ3v) is 4.69. The van der Waals surface area contributed by atoms with Crippen molar-refractivity contribution in [3.05, 3.63) is 28.6 Å². The highest BCUT2D eigenvalue weighted by atomic mass is 16.5. The van der Waals surface area contributed by atoms with Crippen LogP contribution in [-0.4, -0.2) is 79.2 Å². The number of methoxy groups -OCH3 is 1. The number of amides is 2. The van der Waals surface area contributed by atoms with Crippen LogP contribution >= 0.6 is 0 Å². The Morgan fingerprint density at radius 1 is 1.30 bits per heavy atom. The molecule has 27 heavy (non-hydrogen) atoms. The molecule has 3 N–H and O–H groups in total. The van der Waals surface area contributed by atoms with Gasteiger partial charge in [-0.25, -0.2) is 9.78 Å². The molecule has 0 aliphatic carbocycles. The molecule has 0 radical (unpaired) electrons.